The molecule has 170 valence electrons. The summed E-state index contributed by atoms with van der Waals surface area (Å²) in [6, 6.07) is 21.9. The van der Waals surface area contributed by atoms with E-state index in [1.807, 2.05) is 0 Å². The molecule has 0 bridgehead atoms. The van der Waals surface area contributed by atoms with E-state index in [-0.39, 0.29) is 40.7 Å². The molecule has 0 spiro atoms. The van der Waals surface area contributed by atoms with Gasteiger partial charge in [0.2, 0.25) is 0 Å². The summed E-state index contributed by atoms with van der Waals surface area (Å²) in [7, 11) is 1.08. The van der Waals surface area contributed by atoms with Crippen LogP contribution < -0.4 is 0 Å². The molecule has 0 aromatic heterocycles. The molecule has 2 radical (unpaired) electrons. The second kappa shape index (κ2) is 17.3. The molecule has 0 aliphatic rings. The van der Waals surface area contributed by atoms with Crippen molar-refractivity contribution >= 4 is 31.1 Å². The largest absolute Gasteiger partial charge is 4.00 e. The van der Waals surface area contributed by atoms with Crippen molar-refractivity contribution in [2.75, 3.05) is 0 Å². The summed E-state index contributed by atoms with van der Waals surface area (Å²) in [5.74, 6) is 0. The van der Waals surface area contributed by atoms with Crippen LogP contribution in [0.2, 0.25) is 13.1 Å². The van der Waals surface area contributed by atoms with Crippen LogP contribution in [0.25, 0.3) is 21.5 Å². The Kier molecular flexibility index (Phi) is 17.8. The second-order valence-electron chi connectivity index (χ2n) is 7.79. The Labute approximate surface area is 220 Å². The second-order valence-corrected chi connectivity index (χ2v) is 8.79. The van der Waals surface area contributed by atoms with Crippen LogP contribution in [0.15, 0.2) is 60.7 Å². The van der Waals surface area contributed by atoms with Crippen LogP contribution in [-0.4, -0.2) is 9.52 Å². The standard InChI is InChI=1S/2C13H15.C2H6Si.2CH3.Hf/c2*1-3-6-12-10(2)9-11-7-4-5-8-13(11)12;1-3-2;;;/h2*4-5,7-9H,3,6H2,1-2H3;1-2H3;2*1H3;/q2*-1;;2*-1;+4. The van der Waals surface area contributed by atoms with Crippen LogP contribution in [0, 0.1) is 28.7 Å². The van der Waals surface area contributed by atoms with Gasteiger partial charge in [-0.25, -0.2) is 0 Å². The molecule has 0 heterocycles. The van der Waals surface area contributed by atoms with Gasteiger partial charge in [0.1, 0.15) is 0 Å². The fourth-order valence-electron chi connectivity index (χ4n) is 4.02. The summed E-state index contributed by atoms with van der Waals surface area (Å²) in [5, 5.41) is 5.68. The van der Waals surface area contributed by atoms with Gasteiger partial charge in [0, 0.05) is 9.52 Å². The van der Waals surface area contributed by atoms with Crippen LogP contribution in [-0.2, 0) is 38.7 Å². The SMILES string of the molecule is CCCc1c(C)[cH-]c2ccccc12.CCCc1c(C)[cH-]c2ccccc12.C[Si]C.[CH3-].[CH3-].[Hf+4]. The molecule has 0 saturated carbocycles. The number of rotatable bonds is 4. The van der Waals surface area contributed by atoms with Crippen molar-refractivity contribution in [3.05, 3.63) is 97.8 Å². The Balaban J connectivity index is 0. The van der Waals surface area contributed by atoms with Crippen LogP contribution in [0.4, 0.5) is 0 Å². The summed E-state index contributed by atoms with van der Waals surface area (Å²) >= 11 is 0. The average Bonchev–Trinajstić information content (AvgIpc) is 3.20. The van der Waals surface area contributed by atoms with Crippen molar-refractivity contribution < 1.29 is 25.8 Å². The van der Waals surface area contributed by atoms with Gasteiger partial charge in [0.15, 0.2) is 0 Å². The third kappa shape index (κ3) is 8.59. The number of aryl methyl sites for hydroxylation is 4. The Morgan fingerprint density at radius 1 is 0.656 bits per heavy atom. The first-order valence-electron chi connectivity index (χ1n) is 10.9. The normalized spacial score (nSPS) is 9.44. The van der Waals surface area contributed by atoms with Crippen molar-refractivity contribution in [1.82, 2.24) is 0 Å². The number of hydrogen-bond donors (Lipinski definition) is 0. The van der Waals surface area contributed by atoms with Gasteiger partial charge in [-0.15, -0.1) is 81.2 Å². The number of hydrogen-bond acceptors (Lipinski definition) is 0. The van der Waals surface area contributed by atoms with Crippen molar-refractivity contribution in [3.63, 3.8) is 0 Å². The van der Waals surface area contributed by atoms with E-state index in [1.165, 1.54) is 69.5 Å². The van der Waals surface area contributed by atoms with Gasteiger partial charge in [0.05, 0.1) is 0 Å². The molecule has 0 unspecified atom stereocenters. The van der Waals surface area contributed by atoms with Crippen LogP contribution in [0.1, 0.15) is 48.9 Å². The maximum Gasteiger partial charge on any atom is 4.00 e. The van der Waals surface area contributed by atoms with Gasteiger partial charge in [-0.1, -0.05) is 78.6 Å². The van der Waals surface area contributed by atoms with Gasteiger partial charge < -0.3 is 14.9 Å². The third-order valence-corrected chi connectivity index (χ3v) is 5.27. The molecule has 4 aromatic rings. The molecule has 0 atom stereocenters. The van der Waals surface area contributed by atoms with E-state index in [0.717, 1.165) is 9.52 Å². The maximum absolute atomic E-state index is 2.29. The summed E-state index contributed by atoms with van der Waals surface area (Å²) in [5.41, 5.74) is 5.97. The summed E-state index contributed by atoms with van der Waals surface area (Å²) in [4.78, 5) is 0. The van der Waals surface area contributed by atoms with Crippen molar-refractivity contribution in [2.45, 2.75) is 66.5 Å². The summed E-state index contributed by atoms with van der Waals surface area (Å²) < 4.78 is 0. The molecule has 32 heavy (non-hydrogen) atoms. The third-order valence-electron chi connectivity index (χ3n) is 5.27. The molecule has 0 N–H and O–H groups in total. The molecule has 0 nitrogen and oxygen atoms in total. The zero-order valence-corrected chi connectivity index (χ0v) is 26.2. The van der Waals surface area contributed by atoms with Gasteiger partial charge in [-0.3, -0.25) is 0 Å². The quantitative estimate of drug-likeness (QED) is 0.160. The van der Waals surface area contributed by atoms with E-state index in [2.05, 4.69) is 101 Å². The first-order chi connectivity index (χ1) is 14.1. The minimum absolute atomic E-state index is 0. The van der Waals surface area contributed by atoms with E-state index in [0.29, 0.717) is 0 Å². The van der Waals surface area contributed by atoms with Gasteiger partial charge in [0.25, 0.3) is 0 Å². The Morgan fingerprint density at radius 2 is 0.969 bits per heavy atom. The van der Waals surface area contributed by atoms with E-state index >= 15 is 0 Å². The molecule has 0 aliphatic carbocycles. The summed E-state index contributed by atoms with van der Waals surface area (Å²) in [6.07, 6.45) is 4.88. The average molecular weight is 609 g/mol. The topological polar surface area (TPSA) is 0 Å². The molecule has 0 fully saturated rings. The van der Waals surface area contributed by atoms with E-state index in [1.54, 1.807) is 0 Å². The molecule has 4 rings (SSSR count). The maximum atomic E-state index is 2.29. The van der Waals surface area contributed by atoms with E-state index in [9.17, 15) is 0 Å². The van der Waals surface area contributed by atoms with Crippen molar-refractivity contribution in [1.29, 1.82) is 0 Å². The number of fused-ring (bicyclic) bond motifs is 2. The monoisotopic (exact) mass is 610 g/mol. The van der Waals surface area contributed by atoms with Gasteiger partial charge >= 0.3 is 25.8 Å². The molecule has 4 aromatic carbocycles. The molecular weight excluding hydrogens is 567 g/mol. The van der Waals surface area contributed by atoms with Crippen LogP contribution in [0.3, 0.4) is 0 Å². The molecule has 0 amide bonds. The summed E-state index contributed by atoms with van der Waals surface area (Å²) in [6.45, 7) is 13.2. The van der Waals surface area contributed by atoms with Crippen molar-refractivity contribution in [2.24, 2.45) is 0 Å². The van der Waals surface area contributed by atoms with Gasteiger partial charge in [-0.2, -0.15) is 11.1 Å². The number of benzene rings is 2. The predicted molar refractivity (Wildman–Crippen MR) is 147 cm³/mol. The fraction of sp³-hybridized carbons (Fsp3) is 0.333. The smallest absolute Gasteiger partial charge is 0.358 e. The first kappa shape index (κ1) is 32.9. The molecule has 2 heteroatoms. The molecule has 0 aliphatic heterocycles. The van der Waals surface area contributed by atoms with Crippen molar-refractivity contribution in [3.8, 4) is 0 Å². The first-order valence-corrected chi connectivity index (χ1v) is 12.9. The Morgan fingerprint density at radius 3 is 1.28 bits per heavy atom. The molecule has 0 saturated heterocycles. The molecular formula is C30H42HfSi. The van der Waals surface area contributed by atoms with E-state index < -0.39 is 0 Å². The zero-order valence-electron chi connectivity index (χ0n) is 21.6. The van der Waals surface area contributed by atoms with Crippen LogP contribution in [0.5, 0.6) is 0 Å². The van der Waals surface area contributed by atoms with Crippen LogP contribution >= 0.6 is 0 Å². The Bertz CT molecular complexity index is 924. The van der Waals surface area contributed by atoms with Gasteiger partial charge in [-0.05, 0) is 0 Å². The minimum atomic E-state index is 0. The zero-order chi connectivity index (χ0) is 21.2. The fourth-order valence-corrected chi connectivity index (χ4v) is 4.02. The minimum Gasteiger partial charge on any atom is -0.358 e. The van der Waals surface area contributed by atoms with E-state index in [4.69, 9.17) is 0 Å². The Hall–Kier alpha value is -1.25. The predicted octanol–water partition coefficient (Wildman–Crippen LogP) is 9.32.